The molecule has 1 fully saturated rings. The van der Waals surface area contributed by atoms with E-state index in [4.69, 9.17) is 5.26 Å². The third-order valence-electron chi connectivity index (χ3n) is 2.98. The number of hydrogen-bond acceptors (Lipinski definition) is 3. The first kappa shape index (κ1) is 10.2. The quantitative estimate of drug-likeness (QED) is 0.696. The summed E-state index contributed by atoms with van der Waals surface area (Å²) in [5, 5.41) is 13.0. The second kappa shape index (κ2) is 4.94. The van der Waals surface area contributed by atoms with Gasteiger partial charge in [-0.2, -0.15) is 10.4 Å². The number of hydrogen-bond donors (Lipinski definition) is 0. The maximum Gasteiger partial charge on any atom is 0.0869 e. The fourth-order valence-electron chi connectivity index (χ4n) is 2.19. The van der Waals surface area contributed by atoms with Crippen LogP contribution in [0.15, 0.2) is 18.5 Å². The number of nitriles is 1. The molecule has 0 saturated carbocycles. The lowest BCUT2D eigenvalue weighted by Gasteiger charge is -2.33. The number of aromatic nitrogens is 2. The van der Waals surface area contributed by atoms with Crippen LogP contribution in [-0.2, 0) is 6.54 Å². The molecular formula is C11H16N4. The van der Waals surface area contributed by atoms with Gasteiger partial charge in [0.05, 0.1) is 19.2 Å². The first-order valence-electron chi connectivity index (χ1n) is 5.48. The van der Waals surface area contributed by atoms with Crippen molar-refractivity contribution in [2.75, 3.05) is 13.1 Å². The summed E-state index contributed by atoms with van der Waals surface area (Å²) in [7, 11) is 0. The first-order chi connectivity index (χ1) is 7.40. The molecule has 1 aliphatic rings. The summed E-state index contributed by atoms with van der Waals surface area (Å²) in [6.45, 7) is 2.51. The SMILES string of the molecule is N#CCN1CCCCC1Cn1cccn1. The van der Waals surface area contributed by atoms with Crippen molar-refractivity contribution in [2.45, 2.75) is 31.8 Å². The molecule has 1 unspecified atom stereocenters. The van der Waals surface area contributed by atoms with E-state index in [1.165, 1.54) is 19.3 Å². The van der Waals surface area contributed by atoms with Crippen molar-refractivity contribution in [2.24, 2.45) is 0 Å². The minimum absolute atomic E-state index is 0.485. The first-order valence-corrected chi connectivity index (χ1v) is 5.48. The average molecular weight is 204 g/mol. The minimum atomic E-state index is 0.485. The molecule has 0 radical (unpaired) electrons. The molecule has 1 atom stereocenters. The van der Waals surface area contributed by atoms with Gasteiger partial charge in [-0.25, -0.2) is 0 Å². The Hall–Kier alpha value is -1.34. The van der Waals surface area contributed by atoms with Crippen LogP contribution < -0.4 is 0 Å². The van der Waals surface area contributed by atoms with Gasteiger partial charge in [0, 0.05) is 18.4 Å². The normalized spacial score (nSPS) is 22.5. The maximum absolute atomic E-state index is 8.75. The van der Waals surface area contributed by atoms with Crippen molar-refractivity contribution in [1.29, 1.82) is 5.26 Å². The van der Waals surface area contributed by atoms with Crippen LogP contribution in [-0.4, -0.2) is 33.8 Å². The van der Waals surface area contributed by atoms with Gasteiger partial charge < -0.3 is 0 Å². The summed E-state index contributed by atoms with van der Waals surface area (Å²) in [5.74, 6) is 0. The Kier molecular flexibility index (Phi) is 3.36. The van der Waals surface area contributed by atoms with Gasteiger partial charge in [-0.3, -0.25) is 9.58 Å². The minimum Gasteiger partial charge on any atom is -0.286 e. The second-order valence-electron chi connectivity index (χ2n) is 4.01. The third-order valence-corrected chi connectivity index (χ3v) is 2.98. The molecule has 1 aliphatic heterocycles. The zero-order valence-corrected chi connectivity index (χ0v) is 8.84. The van der Waals surface area contributed by atoms with E-state index in [1.54, 1.807) is 6.20 Å². The molecule has 0 spiro atoms. The molecular weight excluding hydrogens is 188 g/mol. The highest BCUT2D eigenvalue weighted by atomic mass is 15.3. The Morgan fingerprint density at radius 1 is 1.47 bits per heavy atom. The standard InChI is InChI=1S/C11H16N4/c12-5-9-14-7-2-1-4-11(14)10-15-8-3-6-13-15/h3,6,8,11H,1-2,4,7,9-10H2. The molecule has 15 heavy (non-hydrogen) atoms. The van der Waals surface area contributed by atoms with Crippen LogP contribution in [0.25, 0.3) is 0 Å². The lowest BCUT2D eigenvalue weighted by atomic mass is 10.0. The van der Waals surface area contributed by atoms with Crippen LogP contribution in [0, 0.1) is 11.3 Å². The molecule has 4 nitrogen and oxygen atoms in total. The Balaban J connectivity index is 1.96. The molecule has 80 valence electrons. The van der Waals surface area contributed by atoms with Gasteiger partial charge in [0.2, 0.25) is 0 Å². The van der Waals surface area contributed by atoms with Crippen molar-refractivity contribution in [3.63, 3.8) is 0 Å². The number of rotatable bonds is 3. The van der Waals surface area contributed by atoms with Crippen LogP contribution in [0.4, 0.5) is 0 Å². The van der Waals surface area contributed by atoms with Gasteiger partial charge in [-0.1, -0.05) is 6.42 Å². The van der Waals surface area contributed by atoms with E-state index in [-0.39, 0.29) is 0 Å². The molecule has 2 rings (SSSR count). The van der Waals surface area contributed by atoms with Crippen molar-refractivity contribution in [3.8, 4) is 6.07 Å². The Morgan fingerprint density at radius 3 is 3.13 bits per heavy atom. The van der Waals surface area contributed by atoms with E-state index in [9.17, 15) is 0 Å². The summed E-state index contributed by atoms with van der Waals surface area (Å²) in [5.41, 5.74) is 0. The number of nitrogens with zero attached hydrogens (tertiary/aromatic N) is 4. The molecule has 0 amide bonds. The molecule has 1 saturated heterocycles. The van der Waals surface area contributed by atoms with Gasteiger partial charge in [0.15, 0.2) is 0 Å². The summed E-state index contributed by atoms with van der Waals surface area (Å²) in [6, 6.07) is 4.67. The maximum atomic E-state index is 8.75. The summed E-state index contributed by atoms with van der Waals surface area (Å²) in [4.78, 5) is 2.27. The zero-order chi connectivity index (χ0) is 10.5. The Morgan fingerprint density at radius 2 is 2.40 bits per heavy atom. The van der Waals surface area contributed by atoms with Crippen molar-refractivity contribution in [3.05, 3.63) is 18.5 Å². The number of piperidine rings is 1. The fourth-order valence-corrected chi connectivity index (χ4v) is 2.19. The zero-order valence-electron chi connectivity index (χ0n) is 8.84. The Bertz CT molecular complexity index is 325. The van der Waals surface area contributed by atoms with Gasteiger partial charge in [-0.15, -0.1) is 0 Å². The molecule has 0 aromatic carbocycles. The van der Waals surface area contributed by atoms with Crippen LogP contribution in [0.3, 0.4) is 0 Å². The van der Waals surface area contributed by atoms with E-state index < -0.39 is 0 Å². The van der Waals surface area contributed by atoms with E-state index >= 15 is 0 Å². The van der Waals surface area contributed by atoms with Gasteiger partial charge in [-0.05, 0) is 25.5 Å². The predicted octanol–water partition coefficient (Wildman–Crippen LogP) is 1.26. The lowest BCUT2D eigenvalue weighted by molar-refractivity contribution is 0.147. The van der Waals surface area contributed by atoms with E-state index in [2.05, 4.69) is 16.1 Å². The third kappa shape index (κ3) is 2.57. The van der Waals surface area contributed by atoms with Gasteiger partial charge in [0.25, 0.3) is 0 Å². The van der Waals surface area contributed by atoms with Crippen LogP contribution >= 0.6 is 0 Å². The molecule has 0 N–H and O–H groups in total. The molecule has 1 aromatic heterocycles. The van der Waals surface area contributed by atoms with E-state index in [1.807, 2.05) is 16.9 Å². The van der Waals surface area contributed by atoms with Crippen LogP contribution in [0.1, 0.15) is 19.3 Å². The number of likely N-dealkylation sites (tertiary alicyclic amines) is 1. The lowest BCUT2D eigenvalue weighted by Crippen LogP contribution is -2.42. The second-order valence-corrected chi connectivity index (χ2v) is 4.01. The van der Waals surface area contributed by atoms with Crippen molar-refractivity contribution < 1.29 is 0 Å². The van der Waals surface area contributed by atoms with Gasteiger partial charge >= 0.3 is 0 Å². The predicted molar refractivity (Wildman–Crippen MR) is 57.1 cm³/mol. The molecule has 2 heterocycles. The molecule has 0 bridgehead atoms. The van der Waals surface area contributed by atoms with Gasteiger partial charge in [0.1, 0.15) is 0 Å². The topological polar surface area (TPSA) is 44.9 Å². The summed E-state index contributed by atoms with van der Waals surface area (Å²) >= 11 is 0. The fraction of sp³-hybridized carbons (Fsp3) is 0.636. The smallest absolute Gasteiger partial charge is 0.0869 e. The molecule has 4 heteroatoms. The van der Waals surface area contributed by atoms with Crippen molar-refractivity contribution >= 4 is 0 Å². The summed E-state index contributed by atoms with van der Waals surface area (Å²) < 4.78 is 1.96. The average Bonchev–Trinajstić information content (AvgIpc) is 2.74. The van der Waals surface area contributed by atoms with E-state index in [0.717, 1.165) is 13.1 Å². The monoisotopic (exact) mass is 204 g/mol. The molecule has 0 aliphatic carbocycles. The highest BCUT2D eigenvalue weighted by molar-refractivity contribution is 4.86. The highest BCUT2D eigenvalue weighted by Gasteiger charge is 2.22. The van der Waals surface area contributed by atoms with Crippen LogP contribution in [0.2, 0.25) is 0 Å². The largest absolute Gasteiger partial charge is 0.286 e. The van der Waals surface area contributed by atoms with Crippen molar-refractivity contribution in [1.82, 2.24) is 14.7 Å². The van der Waals surface area contributed by atoms with E-state index in [0.29, 0.717) is 12.6 Å². The Labute approximate surface area is 90.1 Å². The highest BCUT2D eigenvalue weighted by Crippen LogP contribution is 2.17. The summed E-state index contributed by atoms with van der Waals surface area (Å²) in [6.07, 6.45) is 7.46. The van der Waals surface area contributed by atoms with Crippen LogP contribution in [0.5, 0.6) is 0 Å². The molecule has 1 aromatic rings.